The van der Waals surface area contributed by atoms with Gasteiger partial charge in [0.2, 0.25) is 0 Å². The summed E-state index contributed by atoms with van der Waals surface area (Å²) < 4.78 is 37.5. The Morgan fingerprint density at radius 1 is 1.35 bits per heavy atom. The molecule has 0 aliphatic heterocycles. The highest BCUT2D eigenvalue weighted by atomic mass is 32.3. The van der Waals surface area contributed by atoms with E-state index >= 15 is 0 Å². The predicted octanol–water partition coefficient (Wildman–Crippen LogP) is 2.07. The standard InChI is InChI=1S/C10H10O5S2/c1-8-3-4-10(9(2)7-8)15-16-6-5-14-17(11,12)13/h3-4,7H,1-2H3,(H,11,12,13). The summed E-state index contributed by atoms with van der Waals surface area (Å²) in [5.41, 5.74) is 2.05. The van der Waals surface area contributed by atoms with Gasteiger partial charge in [0.05, 0.1) is 5.25 Å². The molecule has 0 aliphatic rings. The fraction of sp³-hybridized carbons (Fsp3) is 0.200. The van der Waals surface area contributed by atoms with Crippen molar-refractivity contribution >= 4 is 22.4 Å². The molecule has 0 saturated heterocycles. The van der Waals surface area contributed by atoms with Crippen molar-refractivity contribution in [1.29, 1.82) is 0 Å². The van der Waals surface area contributed by atoms with E-state index in [1.54, 1.807) is 12.2 Å². The lowest BCUT2D eigenvalue weighted by Gasteiger charge is -2.04. The summed E-state index contributed by atoms with van der Waals surface area (Å²) >= 11 is 0.705. The van der Waals surface area contributed by atoms with Crippen molar-refractivity contribution in [3.63, 3.8) is 0 Å². The van der Waals surface area contributed by atoms with Crippen LogP contribution in [0.3, 0.4) is 0 Å². The maximum Gasteiger partial charge on any atom is 0.454 e. The van der Waals surface area contributed by atoms with Gasteiger partial charge in [-0.3, -0.25) is 4.55 Å². The highest BCUT2D eigenvalue weighted by molar-refractivity contribution is 7.99. The van der Waals surface area contributed by atoms with Crippen LogP contribution in [0.1, 0.15) is 11.1 Å². The molecule has 7 heteroatoms. The molecular weight excluding hydrogens is 264 g/mol. The minimum atomic E-state index is -4.53. The van der Waals surface area contributed by atoms with E-state index in [2.05, 4.69) is 9.44 Å². The Kier molecular flexibility index (Phi) is 4.69. The van der Waals surface area contributed by atoms with Crippen molar-refractivity contribution in [2.45, 2.75) is 13.8 Å². The van der Waals surface area contributed by atoms with Crippen LogP contribution >= 0.6 is 12.0 Å². The summed E-state index contributed by atoms with van der Waals surface area (Å²) in [5, 5.41) is 2.22. The second-order valence-corrected chi connectivity index (χ2v) is 4.71. The molecular formula is C10H10O5S2. The molecule has 0 atom stereocenters. The van der Waals surface area contributed by atoms with Gasteiger partial charge in [-0.15, -0.1) is 0 Å². The number of hydrogen-bond acceptors (Lipinski definition) is 5. The van der Waals surface area contributed by atoms with E-state index in [1.807, 2.05) is 26.0 Å². The second-order valence-electron chi connectivity index (χ2n) is 3.15. The molecule has 0 aromatic heterocycles. The lowest BCUT2D eigenvalue weighted by molar-refractivity contribution is 0.371. The lowest BCUT2D eigenvalue weighted by Crippen LogP contribution is -1.97. The summed E-state index contributed by atoms with van der Waals surface area (Å²) in [7, 11) is -4.53. The van der Waals surface area contributed by atoms with E-state index in [9.17, 15) is 8.42 Å². The molecule has 0 amide bonds. The molecule has 1 aromatic carbocycles. The van der Waals surface area contributed by atoms with Crippen LogP contribution in [0.4, 0.5) is 0 Å². The zero-order valence-electron chi connectivity index (χ0n) is 9.13. The Morgan fingerprint density at radius 3 is 2.65 bits per heavy atom. The third-order valence-corrected chi connectivity index (χ3v) is 2.42. The molecule has 0 unspecified atom stereocenters. The van der Waals surface area contributed by atoms with Gasteiger partial charge in [-0.1, -0.05) is 17.7 Å². The topological polar surface area (TPSA) is 72.8 Å². The van der Waals surface area contributed by atoms with Crippen molar-refractivity contribution < 1.29 is 21.3 Å². The molecule has 1 N–H and O–H groups in total. The maximum atomic E-state index is 10.1. The highest BCUT2D eigenvalue weighted by Gasteiger charge is 2.01. The van der Waals surface area contributed by atoms with Crippen LogP contribution in [0.2, 0.25) is 0 Å². The number of aryl methyl sites for hydroxylation is 2. The van der Waals surface area contributed by atoms with Crippen LogP contribution in [0.25, 0.3) is 0 Å². The first-order valence-electron chi connectivity index (χ1n) is 4.45. The van der Waals surface area contributed by atoms with Crippen LogP contribution in [-0.2, 0) is 14.6 Å². The Bertz CT molecular complexity index is 554. The van der Waals surface area contributed by atoms with E-state index in [-0.39, 0.29) is 0 Å². The SMILES string of the molecule is Cc1ccc(OSC#COS(=O)(=O)O)c(C)c1. The first kappa shape index (κ1) is 13.7. The minimum Gasteiger partial charge on any atom is -0.412 e. The molecule has 0 fully saturated rings. The van der Waals surface area contributed by atoms with Crippen molar-refractivity contribution in [2.75, 3.05) is 0 Å². The first-order valence-corrected chi connectivity index (χ1v) is 6.56. The second kappa shape index (κ2) is 5.82. The van der Waals surface area contributed by atoms with Gasteiger partial charge in [-0.2, -0.15) is 8.42 Å². The molecule has 17 heavy (non-hydrogen) atoms. The van der Waals surface area contributed by atoms with Gasteiger partial charge in [0.15, 0.2) is 6.11 Å². The van der Waals surface area contributed by atoms with Crippen LogP contribution < -0.4 is 4.18 Å². The molecule has 5 nitrogen and oxygen atoms in total. The molecule has 0 heterocycles. The minimum absolute atomic E-state index is 0.627. The van der Waals surface area contributed by atoms with Crippen LogP contribution in [0.15, 0.2) is 18.2 Å². The van der Waals surface area contributed by atoms with Crippen molar-refractivity contribution in [3.05, 3.63) is 29.3 Å². The molecule has 0 saturated carbocycles. The first-order chi connectivity index (χ1) is 7.88. The average molecular weight is 274 g/mol. The molecule has 1 aromatic rings. The molecule has 0 radical (unpaired) electrons. The Morgan fingerprint density at radius 2 is 2.06 bits per heavy atom. The summed E-state index contributed by atoms with van der Waals surface area (Å²) in [6.07, 6.45) is 1.78. The van der Waals surface area contributed by atoms with Gasteiger partial charge < -0.3 is 8.37 Å². The smallest absolute Gasteiger partial charge is 0.412 e. The Hall–Kier alpha value is -1.36. The monoisotopic (exact) mass is 274 g/mol. The zero-order valence-corrected chi connectivity index (χ0v) is 10.8. The zero-order chi connectivity index (χ0) is 12.9. The fourth-order valence-corrected chi connectivity index (χ4v) is 1.64. The van der Waals surface area contributed by atoms with Crippen LogP contribution in [0.5, 0.6) is 5.75 Å². The number of hydrogen-bond donors (Lipinski definition) is 1. The molecule has 0 aliphatic carbocycles. The van der Waals surface area contributed by atoms with Crippen LogP contribution in [0, 0.1) is 25.2 Å². The van der Waals surface area contributed by atoms with E-state index < -0.39 is 10.4 Å². The van der Waals surface area contributed by atoms with E-state index in [1.165, 1.54) is 0 Å². The summed E-state index contributed by atoms with van der Waals surface area (Å²) in [5.74, 6) is 0.627. The Balaban J connectivity index is 2.51. The number of rotatable bonds is 3. The van der Waals surface area contributed by atoms with Gasteiger partial charge in [0.1, 0.15) is 17.8 Å². The summed E-state index contributed by atoms with van der Waals surface area (Å²) in [4.78, 5) is 0. The van der Waals surface area contributed by atoms with E-state index in [4.69, 9.17) is 8.74 Å². The van der Waals surface area contributed by atoms with Crippen LogP contribution in [-0.4, -0.2) is 13.0 Å². The fourth-order valence-electron chi connectivity index (χ4n) is 1.05. The largest absolute Gasteiger partial charge is 0.454 e. The maximum absolute atomic E-state index is 10.1. The van der Waals surface area contributed by atoms with E-state index in [0.717, 1.165) is 11.1 Å². The van der Waals surface area contributed by atoms with Crippen molar-refractivity contribution in [1.82, 2.24) is 0 Å². The van der Waals surface area contributed by atoms with Gasteiger partial charge in [0, 0.05) is 0 Å². The molecule has 1 rings (SSSR count). The van der Waals surface area contributed by atoms with Gasteiger partial charge in [0.25, 0.3) is 0 Å². The number of benzene rings is 1. The molecule has 0 bridgehead atoms. The summed E-state index contributed by atoms with van der Waals surface area (Å²) in [6.45, 7) is 3.84. The van der Waals surface area contributed by atoms with Crippen molar-refractivity contribution in [3.8, 4) is 17.1 Å². The quantitative estimate of drug-likeness (QED) is 0.517. The third-order valence-electron chi connectivity index (χ3n) is 1.69. The van der Waals surface area contributed by atoms with E-state index in [0.29, 0.717) is 17.8 Å². The van der Waals surface area contributed by atoms with Gasteiger partial charge in [-0.05, 0) is 25.5 Å². The molecule has 92 valence electrons. The van der Waals surface area contributed by atoms with Gasteiger partial charge in [-0.25, -0.2) is 0 Å². The predicted molar refractivity (Wildman–Crippen MR) is 64.5 cm³/mol. The molecule has 0 spiro atoms. The average Bonchev–Trinajstić information content (AvgIpc) is 2.18. The highest BCUT2D eigenvalue weighted by Crippen LogP contribution is 2.22. The lowest BCUT2D eigenvalue weighted by atomic mass is 10.1. The van der Waals surface area contributed by atoms with Gasteiger partial charge >= 0.3 is 10.4 Å². The summed E-state index contributed by atoms with van der Waals surface area (Å²) in [6, 6.07) is 5.60. The normalized spacial score (nSPS) is 10.3. The third kappa shape index (κ3) is 5.49. The Labute approximate surface area is 104 Å². The van der Waals surface area contributed by atoms with Crippen molar-refractivity contribution in [2.24, 2.45) is 0 Å².